The second-order valence-corrected chi connectivity index (χ2v) is 8.40. The van der Waals surface area contributed by atoms with E-state index in [2.05, 4.69) is 59.1 Å². The van der Waals surface area contributed by atoms with Gasteiger partial charge in [-0.25, -0.2) is 24.7 Å². The summed E-state index contributed by atoms with van der Waals surface area (Å²) in [6.07, 6.45) is 5.69. The fourth-order valence-corrected chi connectivity index (χ4v) is 4.06. The van der Waals surface area contributed by atoms with Crippen LogP contribution in [0.25, 0.3) is 0 Å². The standard InChI is InChI=1S/C22H25BrN8O2/c1-2-15-11-16(23)13-18(12-15)29-22(32)31-9-7-30(8-10-31)19-20(26-6-5-25-19)33-14-17-3-4-27-21(24)28-17/h3-6,11-13H,2,7-10,14H2,1H3,(H,29,32)(H2,24,27,28). The topological polar surface area (TPSA) is 122 Å². The maximum atomic E-state index is 12.8. The van der Waals surface area contributed by atoms with Crippen molar-refractivity contribution in [2.75, 3.05) is 42.1 Å². The van der Waals surface area contributed by atoms with Crippen molar-refractivity contribution >= 4 is 39.4 Å². The van der Waals surface area contributed by atoms with E-state index in [1.54, 1.807) is 29.6 Å². The second-order valence-electron chi connectivity index (χ2n) is 7.49. The molecular formula is C22H25BrN8O2. The number of piperazine rings is 1. The summed E-state index contributed by atoms with van der Waals surface area (Å²) >= 11 is 3.50. The number of carbonyl (C=O) groups excluding carboxylic acids is 1. The molecule has 0 atom stereocenters. The molecule has 0 aliphatic carbocycles. The fraction of sp³-hybridized carbons (Fsp3) is 0.318. The maximum absolute atomic E-state index is 12.8. The molecule has 1 aliphatic heterocycles. The van der Waals surface area contributed by atoms with Gasteiger partial charge in [-0.05, 0) is 36.2 Å². The van der Waals surface area contributed by atoms with Gasteiger partial charge in [0, 0.05) is 54.9 Å². The third-order valence-corrected chi connectivity index (χ3v) is 5.68. The van der Waals surface area contributed by atoms with Gasteiger partial charge in [-0.3, -0.25) is 0 Å². The Morgan fingerprint density at radius 1 is 1.12 bits per heavy atom. The Balaban J connectivity index is 1.36. The highest BCUT2D eigenvalue weighted by Crippen LogP contribution is 2.25. The van der Waals surface area contributed by atoms with Gasteiger partial charge in [0.05, 0.1) is 5.69 Å². The van der Waals surface area contributed by atoms with E-state index in [1.807, 2.05) is 12.1 Å². The van der Waals surface area contributed by atoms with Crippen LogP contribution >= 0.6 is 15.9 Å². The molecule has 1 aliphatic rings. The Morgan fingerprint density at radius 2 is 1.91 bits per heavy atom. The monoisotopic (exact) mass is 512 g/mol. The van der Waals surface area contributed by atoms with E-state index in [9.17, 15) is 4.79 Å². The van der Waals surface area contributed by atoms with E-state index in [1.165, 1.54) is 0 Å². The van der Waals surface area contributed by atoms with Crippen LogP contribution in [0.5, 0.6) is 5.88 Å². The summed E-state index contributed by atoms with van der Waals surface area (Å²) in [6.45, 7) is 4.62. The molecule has 1 aromatic carbocycles. The molecule has 0 spiro atoms. The van der Waals surface area contributed by atoms with Gasteiger partial charge in [-0.1, -0.05) is 22.9 Å². The van der Waals surface area contributed by atoms with E-state index >= 15 is 0 Å². The van der Waals surface area contributed by atoms with Crippen molar-refractivity contribution in [2.24, 2.45) is 0 Å². The smallest absolute Gasteiger partial charge is 0.321 e. The van der Waals surface area contributed by atoms with Gasteiger partial charge in [0.15, 0.2) is 5.82 Å². The number of carbonyl (C=O) groups is 1. The summed E-state index contributed by atoms with van der Waals surface area (Å²) in [5.41, 5.74) is 8.22. The van der Waals surface area contributed by atoms with E-state index in [-0.39, 0.29) is 18.6 Å². The number of nitrogens with zero attached hydrogens (tertiary/aromatic N) is 6. The number of halogens is 1. The first-order valence-electron chi connectivity index (χ1n) is 10.6. The molecule has 3 heterocycles. The van der Waals surface area contributed by atoms with Crippen molar-refractivity contribution in [2.45, 2.75) is 20.0 Å². The molecule has 4 rings (SSSR count). The van der Waals surface area contributed by atoms with Crippen LogP contribution in [-0.2, 0) is 13.0 Å². The van der Waals surface area contributed by atoms with Crippen LogP contribution in [0.1, 0.15) is 18.2 Å². The first kappa shape index (κ1) is 22.7. The van der Waals surface area contributed by atoms with E-state index < -0.39 is 0 Å². The average molecular weight is 513 g/mol. The second kappa shape index (κ2) is 10.4. The lowest BCUT2D eigenvalue weighted by molar-refractivity contribution is 0.207. The normalized spacial score (nSPS) is 13.6. The van der Waals surface area contributed by atoms with Gasteiger partial charge in [-0.15, -0.1) is 0 Å². The number of ether oxygens (including phenoxy) is 1. The van der Waals surface area contributed by atoms with Gasteiger partial charge >= 0.3 is 6.03 Å². The third kappa shape index (κ3) is 5.86. The molecule has 1 saturated heterocycles. The highest BCUT2D eigenvalue weighted by molar-refractivity contribution is 9.10. The molecule has 0 unspecified atom stereocenters. The molecule has 11 heteroatoms. The lowest BCUT2D eigenvalue weighted by Crippen LogP contribution is -2.50. The predicted molar refractivity (Wildman–Crippen MR) is 129 cm³/mol. The minimum absolute atomic E-state index is 0.119. The summed E-state index contributed by atoms with van der Waals surface area (Å²) in [5.74, 6) is 1.24. The van der Waals surface area contributed by atoms with Crippen molar-refractivity contribution in [1.29, 1.82) is 0 Å². The molecule has 2 aromatic heterocycles. The molecule has 1 fully saturated rings. The number of nitrogens with one attached hydrogen (secondary N) is 1. The van der Waals surface area contributed by atoms with Crippen LogP contribution < -0.4 is 20.7 Å². The SMILES string of the molecule is CCc1cc(Br)cc(NC(=O)N2CCN(c3nccnc3OCc3ccnc(N)n3)CC2)c1. The summed E-state index contributed by atoms with van der Waals surface area (Å²) in [5, 5.41) is 3.00. The van der Waals surface area contributed by atoms with Crippen molar-refractivity contribution in [3.63, 3.8) is 0 Å². The lowest BCUT2D eigenvalue weighted by Gasteiger charge is -2.35. The molecule has 0 saturated carbocycles. The first-order valence-corrected chi connectivity index (χ1v) is 11.4. The van der Waals surface area contributed by atoms with Gasteiger partial charge in [0.2, 0.25) is 5.95 Å². The zero-order valence-electron chi connectivity index (χ0n) is 18.2. The molecule has 10 nitrogen and oxygen atoms in total. The summed E-state index contributed by atoms with van der Waals surface area (Å²) in [6, 6.07) is 7.56. The number of urea groups is 1. The molecule has 3 aromatic rings. The average Bonchev–Trinajstić information content (AvgIpc) is 2.82. The van der Waals surface area contributed by atoms with Gasteiger partial charge in [0.25, 0.3) is 5.88 Å². The first-order chi connectivity index (χ1) is 16.0. The molecule has 172 valence electrons. The summed E-state index contributed by atoms with van der Waals surface area (Å²) in [7, 11) is 0. The predicted octanol–water partition coefficient (Wildman–Crippen LogP) is 3.11. The number of benzene rings is 1. The molecular weight excluding hydrogens is 488 g/mol. The molecule has 3 N–H and O–H groups in total. The number of hydrogen-bond donors (Lipinski definition) is 2. The summed E-state index contributed by atoms with van der Waals surface area (Å²) < 4.78 is 6.81. The van der Waals surface area contributed by atoms with Crippen LogP contribution in [-0.4, -0.2) is 57.0 Å². The molecule has 0 bridgehead atoms. The number of rotatable bonds is 6. The summed E-state index contributed by atoms with van der Waals surface area (Å²) in [4.78, 5) is 33.4. The molecule has 33 heavy (non-hydrogen) atoms. The zero-order valence-corrected chi connectivity index (χ0v) is 19.8. The Morgan fingerprint density at radius 3 is 2.67 bits per heavy atom. The van der Waals surface area contributed by atoms with Crippen molar-refractivity contribution in [3.8, 4) is 5.88 Å². The minimum atomic E-state index is -0.119. The van der Waals surface area contributed by atoms with Crippen LogP contribution in [0, 0.1) is 0 Å². The highest BCUT2D eigenvalue weighted by atomic mass is 79.9. The lowest BCUT2D eigenvalue weighted by atomic mass is 10.1. The Hall–Kier alpha value is -3.47. The van der Waals surface area contributed by atoms with E-state index in [0.717, 1.165) is 22.1 Å². The van der Waals surface area contributed by atoms with Crippen LogP contribution in [0.2, 0.25) is 0 Å². The number of nitrogens with two attached hydrogens (primary N) is 1. The number of anilines is 3. The quantitative estimate of drug-likeness (QED) is 0.516. The Labute approximate surface area is 200 Å². The molecule has 0 radical (unpaired) electrons. The van der Waals surface area contributed by atoms with E-state index in [4.69, 9.17) is 10.5 Å². The van der Waals surface area contributed by atoms with Gasteiger partial charge < -0.3 is 25.6 Å². The van der Waals surface area contributed by atoms with Crippen LogP contribution in [0.4, 0.5) is 22.2 Å². The van der Waals surface area contributed by atoms with Crippen molar-refractivity contribution in [3.05, 3.63) is 58.6 Å². The fourth-order valence-electron chi connectivity index (χ4n) is 3.52. The Bertz CT molecular complexity index is 1120. The highest BCUT2D eigenvalue weighted by Gasteiger charge is 2.24. The minimum Gasteiger partial charge on any atom is -0.469 e. The number of hydrogen-bond acceptors (Lipinski definition) is 8. The number of aryl methyl sites for hydroxylation is 1. The number of amides is 2. The Kier molecular flexibility index (Phi) is 7.18. The number of nitrogen functional groups attached to an aromatic ring is 1. The van der Waals surface area contributed by atoms with Gasteiger partial charge in [-0.2, -0.15) is 0 Å². The van der Waals surface area contributed by atoms with Crippen LogP contribution in [0.3, 0.4) is 0 Å². The van der Waals surface area contributed by atoms with Gasteiger partial charge in [0.1, 0.15) is 6.61 Å². The zero-order chi connectivity index (χ0) is 23.2. The van der Waals surface area contributed by atoms with E-state index in [0.29, 0.717) is 43.6 Å². The van der Waals surface area contributed by atoms with Crippen molar-refractivity contribution < 1.29 is 9.53 Å². The van der Waals surface area contributed by atoms with Crippen molar-refractivity contribution in [1.82, 2.24) is 24.8 Å². The number of aromatic nitrogens is 4. The molecule has 2 amide bonds. The third-order valence-electron chi connectivity index (χ3n) is 5.22. The van der Waals surface area contributed by atoms with Crippen LogP contribution in [0.15, 0.2) is 47.3 Å². The maximum Gasteiger partial charge on any atom is 0.321 e. The largest absolute Gasteiger partial charge is 0.469 e.